The molecular formula is C23H21N3O2S. The number of hydrogen-bond acceptors (Lipinski definition) is 3. The van der Waals surface area contributed by atoms with Crippen molar-refractivity contribution < 1.29 is 9.59 Å². The predicted octanol–water partition coefficient (Wildman–Crippen LogP) is 3.99. The highest BCUT2D eigenvalue weighted by atomic mass is 32.1. The molecule has 2 aromatic carbocycles. The molecule has 29 heavy (non-hydrogen) atoms. The van der Waals surface area contributed by atoms with Crippen LogP contribution < -0.4 is 4.80 Å². The number of benzene rings is 2. The molecule has 3 aromatic rings. The van der Waals surface area contributed by atoms with Gasteiger partial charge in [0.15, 0.2) is 4.80 Å². The Kier molecular flexibility index (Phi) is 5.53. The number of aromatic nitrogens is 1. The van der Waals surface area contributed by atoms with E-state index >= 15 is 0 Å². The first-order chi connectivity index (χ1) is 14.1. The molecule has 5 nitrogen and oxygen atoms in total. The molecule has 0 aliphatic carbocycles. The Labute approximate surface area is 173 Å². The molecule has 2 heterocycles. The summed E-state index contributed by atoms with van der Waals surface area (Å²) in [5, 5.41) is 1.93. The molecule has 0 saturated carbocycles. The monoisotopic (exact) mass is 403 g/mol. The fraction of sp³-hybridized carbons (Fsp3) is 0.174. The number of fused-ring (bicyclic) bond motifs is 1. The van der Waals surface area contributed by atoms with Crippen molar-refractivity contribution in [1.82, 2.24) is 9.47 Å². The maximum Gasteiger partial charge on any atom is 0.250 e. The summed E-state index contributed by atoms with van der Waals surface area (Å²) >= 11 is 1.43. The van der Waals surface area contributed by atoms with Crippen LogP contribution >= 0.6 is 11.3 Å². The maximum absolute atomic E-state index is 12.8. The van der Waals surface area contributed by atoms with Gasteiger partial charge in [0.2, 0.25) is 5.91 Å². The molecule has 1 aliphatic rings. The van der Waals surface area contributed by atoms with Crippen molar-refractivity contribution in [2.24, 2.45) is 4.99 Å². The highest BCUT2D eigenvalue weighted by molar-refractivity contribution is 7.07. The van der Waals surface area contributed by atoms with E-state index in [2.05, 4.69) is 4.99 Å². The van der Waals surface area contributed by atoms with Gasteiger partial charge in [0.25, 0.3) is 5.91 Å². The molecule has 1 atom stereocenters. The lowest BCUT2D eigenvalue weighted by molar-refractivity contribution is -0.129. The van der Waals surface area contributed by atoms with Crippen LogP contribution in [-0.2, 0) is 16.1 Å². The first-order valence-corrected chi connectivity index (χ1v) is 10.3. The van der Waals surface area contributed by atoms with Crippen LogP contribution in [0.5, 0.6) is 0 Å². The Balaban J connectivity index is 1.59. The zero-order chi connectivity index (χ0) is 20.2. The van der Waals surface area contributed by atoms with Crippen LogP contribution in [0.4, 0.5) is 0 Å². The van der Waals surface area contributed by atoms with E-state index in [9.17, 15) is 9.59 Å². The lowest BCUT2D eigenvalue weighted by atomic mass is 9.93. The van der Waals surface area contributed by atoms with Crippen LogP contribution in [0.2, 0.25) is 0 Å². The van der Waals surface area contributed by atoms with E-state index < -0.39 is 0 Å². The van der Waals surface area contributed by atoms with Gasteiger partial charge in [-0.05, 0) is 22.8 Å². The van der Waals surface area contributed by atoms with Gasteiger partial charge in [-0.25, -0.2) is 0 Å². The van der Waals surface area contributed by atoms with Gasteiger partial charge in [0, 0.05) is 31.2 Å². The molecule has 2 amide bonds. The Bertz CT molecular complexity index is 1130. The summed E-state index contributed by atoms with van der Waals surface area (Å²) in [4.78, 5) is 31.6. The molecule has 0 saturated heterocycles. The minimum atomic E-state index is -0.340. The number of thiazole rings is 1. The van der Waals surface area contributed by atoms with Crippen molar-refractivity contribution in [1.29, 1.82) is 0 Å². The zero-order valence-electron chi connectivity index (χ0n) is 16.1. The van der Waals surface area contributed by atoms with E-state index in [1.165, 1.54) is 18.3 Å². The summed E-state index contributed by atoms with van der Waals surface area (Å²) in [6.45, 7) is 2.17. The summed E-state index contributed by atoms with van der Waals surface area (Å²) < 4.78 is 1.97. The van der Waals surface area contributed by atoms with Crippen molar-refractivity contribution in [2.45, 2.75) is 25.9 Å². The van der Waals surface area contributed by atoms with Crippen LogP contribution in [0.15, 0.2) is 77.4 Å². The van der Waals surface area contributed by atoms with Gasteiger partial charge in [-0.1, -0.05) is 54.6 Å². The summed E-state index contributed by atoms with van der Waals surface area (Å²) in [6, 6.07) is 17.6. The minimum absolute atomic E-state index is 0.0937. The lowest BCUT2D eigenvalue weighted by Gasteiger charge is -2.31. The zero-order valence-corrected chi connectivity index (χ0v) is 16.9. The van der Waals surface area contributed by atoms with Crippen LogP contribution in [0.3, 0.4) is 0 Å². The molecule has 0 spiro atoms. The smallest absolute Gasteiger partial charge is 0.250 e. The van der Waals surface area contributed by atoms with Gasteiger partial charge in [-0.15, -0.1) is 11.3 Å². The van der Waals surface area contributed by atoms with Gasteiger partial charge in [0.1, 0.15) is 0 Å². The first kappa shape index (κ1) is 19.1. The standard InChI is InChI=1S/C23H21N3O2S/c1-17(27)26-12-11-19-9-5-6-10-20(19)21(26)15-22(28)24-23-25(13-14-29-23)16-18-7-3-2-4-8-18/h2-14,21H,15-16H2,1H3. The van der Waals surface area contributed by atoms with Crippen LogP contribution in [0.1, 0.15) is 36.1 Å². The molecule has 0 radical (unpaired) electrons. The highest BCUT2D eigenvalue weighted by Gasteiger charge is 2.28. The Morgan fingerprint density at radius 1 is 1.07 bits per heavy atom. The predicted molar refractivity (Wildman–Crippen MR) is 114 cm³/mol. The van der Waals surface area contributed by atoms with Crippen LogP contribution in [0, 0.1) is 0 Å². The number of amides is 2. The quantitative estimate of drug-likeness (QED) is 0.661. The topological polar surface area (TPSA) is 54.7 Å². The van der Waals surface area contributed by atoms with Gasteiger partial charge in [-0.2, -0.15) is 4.99 Å². The Hall–Kier alpha value is -3.25. The van der Waals surface area contributed by atoms with E-state index in [4.69, 9.17) is 0 Å². The molecule has 0 fully saturated rings. The molecular weight excluding hydrogens is 382 g/mol. The summed E-state index contributed by atoms with van der Waals surface area (Å²) in [6.07, 6.45) is 5.74. The molecule has 1 unspecified atom stereocenters. The van der Waals surface area contributed by atoms with E-state index in [1.54, 1.807) is 11.1 Å². The third-order valence-electron chi connectivity index (χ3n) is 4.91. The molecule has 0 bridgehead atoms. The number of carbonyl (C=O) groups is 2. The summed E-state index contributed by atoms with van der Waals surface area (Å²) in [5.74, 6) is -0.334. The van der Waals surface area contributed by atoms with Gasteiger partial charge in [-0.3, -0.25) is 9.59 Å². The van der Waals surface area contributed by atoms with Crippen LogP contribution in [0.25, 0.3) is 6.08 Å². The van der Waals surface area contributed by atoms with E-state index in [0.717, 1.165) is 16.7 Å². The van der Waals surface area contributed by atoms with E-state index in [-0.39, 0.29) is 24.3 Å². The molecule has 1 aliphatic heterocycles. The Morgan fingerprint density at radius 2 is 1.83 bits per heavy atom. The second-order valence-electron chi connectivity index (χ2n) is 6.90. The summed E-state index contributed by atoms with van der Waals surface area (Å²) in [7, 11) is 0. The van der Waals surface area contributed by atoms with E-state index in [1.807, 2.05) is 76.8 Å². The third-order valence-corrected chi connectivity index (χ3v) is 5.71. The fourth-order valence-electron chi connectivity index (χ4n) is 3.52. The van der Waals surface area contributed by atoms with Crippen molar-refractivity contribution in [3.8, 4) is 0 Å². The van der Waals surface area contributed by atoms with Gasteiger partial charge < -0.3 is 9.47 Å². The molecule has 146 valence electrons. The number of hydrogen-bond donors (Lipinski definition) is 0. The average molecular weight is 404 g/mol. The van der Waals surface area contributed by atoms with Gasteiger partial charge >= 0.3 is 0 Å². The molecule has 1 aromatic heterocycles. The number of carbonyl (C=O) groups excluding carboxylic acids is 2. The number of rotatable bonds is 4. The second-order valence-corrected chi connectivity index (χ2v) is 7.77. The SMILES string of the molecule is CC(=O)N1C=Cc2ccccc2C1CC(=O)N=c1sccn1Cc1ccccc1. The fourth-order valence-corrected chi connectivity index (χ4v) is 4.26. The van der Waals surface area contributed by atoms with Crippen molar-refractivity contribution in [3.63, 3.8) is 0 Å². The minimum Gasteiger partial charge on any atom is -0.319 e. The third kappa shape index (κ3) is 4.27. The van der Waals surface area contributed by atoms with Crippen LogP contribution in [-0.4, -0.2) is 21.3 Å². The molecule has 4 rings (SSSR count). The van der Waals surface area contributed by atoms with Gasteiger partial charge in [0.05, 0.1) is 12.5 Å². The average Bonchev–Trinajstić information content (AvgIpc) is 3.15. The maximum atomic E-state index is 12.8. The normalized spacial score (nSPS) is 16.0. The highest BCUT2D eigenvalue weighted by Crippen LogP contribution is 2.33. The van der Waals surface area contributed by atoms with Crippen molar-refractivity contribution >= 4 is 29.2 Å². The molecule has 6 heteroatoms. The number of nitrogens with zero attached hydrogens (tertiary/aromatic N) is 3. The van der Waals surface area contributed by atoms with Crippen molar-refractivity contribution in [3.05, 3.63) is 93.9 Å². The largest absolute Gasteiger partial charge is 0.319 e. The van der Waals surface area contributed by atoms with Crippen molar-refractivity contribution in [2.75, 3.05) is 0 Å². The second kappa shape index (κ2) is 8.41. The van der Waals surface area contributed by atoms with E-state index in [0.29, 0.717) is 11.3 Å². The summed E-state index contributed by atoms with van der Waals surface area (Å²) in [5.41, 5.74) is 3.14. The lowest BCUT2D eigenvalue weighted by Crippen LogP contribution is -2.32. The first-order valence-electron chi connectivity index (χ1n) is 9.43. The molecule has 0 N–H and O–H groups in total. The Morgan fingerprint density at radius 3 is 2.62 bits per heavy atom.